The second kappa shape index (κ2) is 8.83. The molecule has 3 aromatic carbocycles. The Morgan fingerprint density at radius 3 is 2.32 bits per heavy atom. The highest BCUT2D eigenvalue weighted by molar-refractivity contribution is 6.00. The Kier molecular flexibility index (Phi) is 5.80. The van der Waals surface area contributed by atoms with Gasteiger partial charge in [0.1, 0.15) is 23.0 Å². The average molecular weight is 418 g/mol. The highest BCUT2D eigenvalue weighted by Crippen LogP contribution is 2.42. The van der Waals surface area contributed by atoms with Crippen molar-refractivity contribution in [2.24, 2.45) is 0 Å². The van der Waals surface area contributed by atoms with Gasteiger partial charge in [0.15, 0.2) is 6.61 Å². The van der Waals surface area contributed by atoms with Crippen LogP contribution in [0.2, 0.25) is 0 Å². The van der Waals surface area contributed by atoms with E-state index >= 15 is 0 Å². The van der Waals surface area contributed by atoms with Crippen LogP contribution in [0.25, 0.3) is 11.1 Å². The summed E-state index contributed by atoms with van der Waals surface area (Å²) in [6, 6.07) is 20.2. The van der Waals surface area contributed by atoms with Crippen molar-refractivity contribution in [2.75, 3.05) is 20.3 Å². The van der Waals surface area contributed by atoms with Gasteiger partial charge in [-0.3, -0.25) is 0 Å². The Balaban J connectivity index is 1.85. The maximum atomic E-state index is 10.8. The van der Waals surface area contributed by atoms with Gasteiger partial charge in [0, 0.05) is 18.1 Å². The van der Waals surface area contributed by atoms with Crippen molar-refractivity contribution in [3.8, 4) is 23.0 Å². The topological polar surface area (TPSA) is 85.2 Å². The molecule has 158 valence electrons. The van der Waals surface area contributed by atoms with Crippen LogP contribution in [-0.4, -0.2) is 36.5 Å². The quantitative estimate of drug-likeness (QED) is 0.608. The third-order valence-corrected chi connectivity index (χ3v) is 5.09. The number of rotatable bonds is 6. The zero-order chi connectivity index (χ0) is 21.8. The van der Waals surface area contributed by atoms with E-state index < -0.39 is 12.6 Å². The molecule has 0 fully saturated rings. The largest absolute Gasteiger partial charge is 0.508 e. The number of carbonyl (C=O) groups is 1. The molecule has 6 nitrogen and oxygen atoms in total. The Hall–Kier alpha value is -3.93. The molecule has 1 heterocycles. The first kappa shape index (κ1) is 20.3. The summed E-state index contributed by atoms with van der Waals surface area (Å²) in [7, 11) is 1.62. The van der Waals surface area contributed by atoms with Crippen molar-refractivity contribution in [1.29, 1.82) is 0 Å². The van der Waals surface area contributed by atoms with Crippen LogP contribution in [0.5, 0.6) is 23.0 Å². The van der Waals surface area contributed by atoms with Crippen LogP contribution in [-0.2, 0) is 4.79 Å². The number of carboxylic acid groups (broad SMARTS) is 1. The van der Waals surface area contributed by atoms with Gasteiger partial charge in [-0.15, -0.1) is 0 Å². The number of methoxy groups -OCH3 is 1. The molecule has 6 heteroatoms. The molecular weight excluding hydrogens is 396 g/mol. The lowest BCUT2D eigenvalue weighted by Crippen LogP contribution is -2.09. The van der Waals surface area contributed by atoms with E-state index in [2.05, 4.69) is 0 Å². The zero-order valence-electron chi connectivity index (χ0n) is 17.0. The third-order valence-electron chi connectivity index (χ3n) is 5.09. The van der Waals surface area contributed by atoms with Crippen LogP contribution in [0.15, 0.2) is 66.7 Å². The van der Waals surface area contributed by atoms with E-state index in [0.29, 0.717) is 24.5 Å². The fourth-order valence-electron chi connectivity index (χ4n) is 3.65. The minimum Gasteiger partial charge on any atom is -0.508 e. The summed E-state index contributed by atoms with van der Waals surface area (Å²) in [4.78, 5) is 10.8. The maximum absolute atomic E-state index is 10.8. The first-order chi connectivity index (χ1) is 15.0. The Morgan fingerprint density at radius 1 is 0.968 bits per heavy atom. The van der Waals surface area contributed by atoms with Crippen LogP contribution in [0.4, 0.5) is 0 Å². The molecule has 31 heavy (non-hydrogen) atoms. The van der Waals surface area contributed by atoms with E-state index in [0.717, 1.165) is 33.6 Å². The van der Waals surface area contributed by atoms with E-state index in [1.807, 2.05) is 42.5 Å². The normalized spacial score (nSPS) is 13.1. The summed E-state index contributed by atoms with van der Waals surface area (Å²) >= 11 is 0. The second-order valence-electron chi connectivity index (χ2n) is 7.07. The first-order valence-electron chi connectivity index (χ1n) is 9.84. The second-order valence-corrected chi connectivity index (χ2v) is 7.07. The highest BCUT2D eigenvalue weighted by atomic mass is 16.5. The van der Waals surface area contributed by atoms with Gasteiger partial charge in [-0.25, -0.2) is 4.79 Å². The Morgan fingerprint density at radius 2 is 1.65 bits per heavy atom. The molecule has 2 N–H and O–H groups in total. The Labute approximate surface area is 179 Å². The Bertz CT molecular complexity index is 1110. The molecule has 4 rings (SSSR count). The van der Waals surface area contributed by atoms with Gasteiger partial charge < -0.3 is 24.4 Å². The van der Waals surface area contributed by atoms with Gasteiger partial charge >= 0.3 is 5.97 Å². The van der Waals surface area contributed by atoms with Crippen molar-refractivity contribution in [3.05, 3.63) is 83.4 Å². The van der Waals surface area contributed by atoms with Crippen LogP contribution >= 0.6 is 0 Å². The number of carboxylic acids is 1. The lowest BCUT2D eigenvalue weighted by molar-refractivity contribution is -0.139. The van der Waals surface area contributed by atoms with E-state index in [9.17, 15) is 9.90 Å². The molecular formula is C25H22O6. The van der Waals surface area contributed by atoms with E-state index in [-0.39, 0.29) is 5.75 Å². The number of hydrogen-bond donors (Lipinski definition) is 2. The molecule has 0 saturated heterocycles. The zero-order valence-corrected chi connectivity index (χ0v) is 17.0. The van der Waals surface area contributed by atoms with Gasteiger partial charge in [-0.1, -0.05) is 24.3 Å². The molecule has 0 bridgehead atoms. The summed E-state index contributed by atoms with van der Waals surface area (Å²) in [6.45, 7) is 0.108. The van der Waals surface area contributed by atoms with Crippen molar-refractivity contribution in [3.63, 3.8) is 0 Å². The smallest absolute Gasteiger partial charge is 0.341 e. The first-order valence-corrected chi connectivity index (χ1v) is 9.84. The van der Waals surface area contributed by atoms with E-state index in [1.54, 1.807) is 31.4 Å². The number of aliphatic carboxylic acids is 1. The number of ether oxygens (including phenoxy) is 3. The maximum Gasteiger partial charge on any atom is 0.341 e. The summed E-state index contributed by atoms with van der Waals surface area (Å²) in [5.74, 6) is 1.11. The number of phenolic OH excluding ortho intramolecular Hbond substituents is 1. The molecule has 0 aromatic heterocycles. The lowest BCUT2D eigenvalue weighted by atomic mass is 9.88. The predicted octanol–water partition coefficient (Wildman–Crippen LogP) is 4.61. The van der Waals surface area contributed by atoms with Crippen molar-refractivity contribution in [1.82, 2.24) is 0 Å². The van der Waals surface area contributed by atoms with Crippen LogP contribution in [0.1, 0.15) is 23.1 Å². The fourth-order valence-corrected chi connectivity index (χ4v) is 3.65. The molecule has 0 unspecified atom stereocenters. The minimum atomic E-state index is -1.02. The standard InChI is InChI=1S/C25H22O6/c1-29-20-10-11-22-23(14-20)30-13-12-21(16-2-6-18(26)7-3-16)25(22)17-4-8-19(9-5-17)31-15-24(27)28/h2-11,14,26H,12-13,15H2,1H3,(H,27,28). The van der Waals surface area contributed by atoms with Gasteiger partial charge in [0.05, 0.1) is 13.7 Å². The molecule has 0 spiro atoms. The number of benzene rings is 3. The van der Waals surface area contributed by atoms with Crippen molar-refractivity contribution < 1.29 is 29.2 Å². The van der Waals surface area contributed by atoms with E-state index in [1.165, 1.54) is 0 Å². The SMILES string of the molecule is COc1ccc2c(c1)OCCC(c1ccc(O)cc1)=C2c1ccc(OCC(=O)O)cc1. The third kappa shape index (κ3) is 4.48. The number of hydrogen-bond acceptors (Lipinski definition) is 5. The van der Waals surface area contributed by atoms with Gasteiger partial charge in [-0.05, 0) is 58.7 Å². The molecule has 0 saturated carbocycles. The monoisotopic (exact) mass is 418 g/mol. The molecule has 1 aliphatic rings. The summed E-state index contributed by atoms with van der Waals surface area (Å²) < 4.78 is 16.7. The molecule has 0 atom stereocenters. The summed E-state index contributed by atoms with van der Waals surface area (Å²) in [5, 5.41) is 18.5. The van der Waals surface area contributed by atoms with E-state index in [4.69, 9.17) is 19.3 Å². The van der Waals surface area contributed by atoms with Gasteiger partial charge in [0.25, 0.3) is 0 Å². The van der Waals surface area contributed by atoms with Crippen LogP contribution in [0, 0.1) is 0 Å². The fraction of sp³-hybridized carbons (Fsp3) is 0.160. The number of fused-ring (bicyclic) bond motifs is 1. The average Bonchev–Trinajstić information content (AvgIpc) is 2.97. The van der Waals surface area contributed by atoms with Crippen LogP contribution < -0.4 is 14.2 Å². The molecule has 1 aliphatic heterocycles. The molecule has 0 amide bonds. The number of phenols is 1. The predicted molar refractivity (Wildman–Crippen MR) is 117 cm³/mol. The molecule has 3 aromatic rings. The molecule has 0 radical (unpaired) electrons. The summed E-state index contributed by atoms with van der Waals surface area (Å²) in [5.41, 5.74) is 4.96. The van der Waals surface area contributed by atoms with Gasteiger partial charge in [-0.2, -0.15) is 0 Å². The number of aromatic hydroxyl groups is 1. The van der Waals surface area contributed by atoms with Crippen molar-refractivity contribution >= 4 is 17.1 Å². The molecule has 0 aliphatic carbocycles. The van der Waals surface area contributed by atoms with Gasteiger partial charge in [0.2, 0.25) is 0 Å². The van der Waals surface area contributed by atoms with Crippen LogP contribution in [0.3, 0.4) is 0 Å². The lowest BCUT2D eigenvalue weighted by Gasteiger charge is -2.16. The minimum absolute atomic E-state index is 0.209. The highest BCUT2D eigenvalue weighted by Gasteiger charge is 2.22. The summed E-state index contributed by atoms with van der Waals surface area (Å²) in [6.07, 6.45) is 0.675. The van der Waals surface area contributed by atoms with Crippen molar-refractivity contribution in [2.45, 2.75) is 6.42 Å².